The summed E-state index contributed by atoms with van der Waals surface area (Å²) < 4.78 is 0. The van der Waals surface area contributed by atoms with E-state index in [1.807, 2.05) is 12.2 Å². The van der Waals surface area contributed by atoms with Crippen molar-refractivity contribution < 1.29 is 0 Å². The fourth-order valence-electron chi connectivity index (χ4n) is 1.02. The first kappa shape index (κ1) is 22.6. The first-order chi connectivity index (χ1) is 8.64. The van der Waals surface area contributed by atoms with E-state index in [1.165, 1.54) is 51.4 Å². The minimum atomic E-state index is 0.699. The minimum absolute atomic E-state index is 0.699. The second-order valence-electron chi connectivity index (χ2n) is 4.76. The summed E-state index contributed by atoms with van der Waals surface area (Å²) in [6, 6.07) is 0. The fourth-order valence-corrected chi connectivity index (χ4v) is 1.02. The quantitative estimate of drug-likeness (QED) is 0.318. The number of rotatable bonds is 8. The second-order valence-corrected chi connectivity index (χ2v) is 4.76. The lowest BCUT2D eigenvalue weighted by atomic mass is 10.1. The molecule has 0 bridgehead atoms. The van der Waals surface area contributed by atoms with Crippen molar-refractivity contribution in [1.82, 2.24) is 0 Å². The lowest BCUT2D eigenvalue weighted by Crippen LogP contribution is -1.80. The van der Waals surface area contributed by atoms with Gasteiger partial charge in [-0.25, -0.2) is 0 Å². The van der Waals surface area contributed by atoms with E-state index in [-0.39, 0.29) is 0 Å². The van der Waals surface area contributed by atoms with Crippen molar-refractivity contribution >= 4 is 0 Å². The predicted octanol–water partition coefficient (Wildman–Crippen LogP) is 7.17. The van der Waals surface area contributed by atoms with Crippen LogP contribution in [0.1, 0.15) is 86.0 Å². The van der Waals surface area contributed by atoms with Gasteiger partial charge in [-0.1, -0.05) is 91.7 Å². The zero-order chi connectivity index (χ0) is 14.6. The Balaban J connectivity index is -0.000000187. The van der Waals surface area contributed by atoms with Gasteiger partial charge in [0.05, 0.1) is 0 Å². The van der Waals surface area contributed by atoms with Gasteiger partial charge >= 0.3 is 0 Å². The average Bonchev–Trinajstić information content (AvgIpc) is 2.43. The monoisotopic (exact) mass is 254 g/mol. The third-order valence-corrected chi connectivity index (χ3v) is 2.77. The number of allylic oxidation sites excluding steroid dienone is 2. The molecule has 0 aromatic carbocycles. The van der Waals surface area contributed by atoms with Gasteiger partial charge in [-0.2, -0.15) is 0 Å². The molecule has 0 aromatic heterocycles. The summed E-state index contributed by atoms with van der Waals surface area (Å²) in [7, 11) is 0. The zero-order valence-corrected chi connectivity index (χ0v) is 13.8. The first-order valence-corrected chi connectivity index (χ1v) is 7.87. The molecule has 0 heterocycles. The van der Waals surface area contributed by atoms with E-state index < -0.39 is 0 Å². The van der Waals surface area contributed by atoms with E-state index in [4.69, 9.17) is 0 Å². The van der Waals surface area contributed by atoms with Crippen LogP contribution in [0.2, 0.25) is 0 Å². The van der Waals surface area contributed by atoms with Crippen LogP contribution >= 0.6 is 0 Å². The van der Waals surface area contributed by atoms with E-state index >= 15 is 0 Å². The van der Waals surface area contributed by atoms with E-state index in [0.29, 0.717) is 5.92 Å². The van der Waals surface area contributed by atoms with Gasteiger partial charge in [0.15, 0.2) is 0 Å². The van der Waals surface area contributed by atoms with Gasteiger partial charge in [0.1, 0.15) is 0 Å². The molecule has 0 saturated carbocycles. The first-order valence-electron chi connectivity index (χ1n) is 7.87. The summed E-state index contributed by atoms with van der Waals surface area (Å²) in [5, 5.41) is 0. The molecular formula is C18H38. The van der Waals surface area contributed by atoms with Crippen molar-refractivity contribution in [2.75, 3.05) is 0 Å². The molecule has 0 rings (SSSR count). The van der Waals surface area contributed by atoms with Crippen molar-refractivity contribution in [1.29, 1.82) is 0 Å². The number of hydrogen-bond donors (Lipinski definition) is 0. The van der Waals surface area contributed by atoms with Crippen molar-refractivity contribution in [3.8, 4) is 0 Å². The molecule has 0 heteroatoms. The molecule has 0 N–H and O–H groups in total. The fraction of sp³-hybridized carbons (Fsp3) is 0.778. The molecule has 0 fully saturated rings. The van der Waals surface area contributed by atoms with Crippen LogP contribution in [0.3, 0.4) is 0 Å². The molecule has 0 spiro atoms. The highest BCUT2D eigenvalue weighted by Crippen LogP contribution is 1.98. The van der Waals surface area contributed by atoms with Crippen LogP contribution in [0.25, 0.3) is 0 Å². The molecule has 18 heavy (non-hydrogen) atoms. The molecule has 0 aromatic rings. The highest BCUT2D eigenvalue weighted by Gasteiger charge is 1.84. The van der Waals surface area contributed by atoms with Gasteiger partial charge in [0.25, 0.3) is 0 Å². The molecule has 110 valence electrons. The summed E-state index contributed by atoms with van der Waals surface area (Å²) in [5.41, 5.74) is 0. The van der Waals surface area contributed by atoms with Crippen LogP contribution in [-0.2, 0) is 0 Å². The van der Waals surface area contributed by atoms with Gasteiger partial charge < -0.3 is 0 Å². The molecule has 0 radical (unpaired) electrons. The second kappa shape index (κ2) is 25.4. The van der Waals surface area contributed by atoms with Gasteiger partial charge in [-0.15, -0.1) is 13.2 Å². The maximum Gasteiger partial charge on any atom is -0.0267 e. The topological polar surface area (TPSA) is 0 Å². The van der Waals surface area contributed by atoms with Crippen LogP contribution in [0.5, 0.6) is 0 Å². The molecule has 0 nitrogen and oxygen atoms in total. The van der Waals surface area contributed by atoms with E-state index in [2.05, 4.69) is 47.8 Å². The highest BCUT2D eigenvalue weighted by molar-refractivity contribution is 4.72. The number of hydrogen-bond acceptors (Lipinski definition) is 0. The minimum Gasteiger partial charge on any atom is -0.103 e. The third kappa shape index (κ3) is 36.1. The Bertz CT molecular complexity index is 131. The lowest BCUT2D eigenvalue weighted by Gasteiger charge is -1.93. The smallest absolute Gasteiger partial charge is 0.0267 e. The van der Waals surface area contributed by atoms with Crippen LogP contribution < -0.4 is 0 Å². The van der Waals surface area contributed by atoms with Crippen LogP contribution in [-0.4, -0.2) is 0 Å². The zero-order valence-electron chi connectivity index (χ0n) is 13.8. The molecule has 0 aliphatic heterocycles. The largest absolute Gasteiger partial charge is 0.103 e. The lowest BCUT2D eigenvalue weighted by molar-refractivity contribution is 0.700. The van der Waals surface area contributed by atoms with Gasteiger partial charge in [0, 0.05) is 0 Å². The van der Waals surface area contributed by atoms with Crippen LogP contribution in [0, 0.1) is 5.92 Å². The Morgan fingerprint density at radius 3 is 1.39 bits per heavy atom. The molecule has 0 aliphatic carbocycles. The highest BCUT2D eigenvalue weighted by atomic mass is 13.9. The Labute approximate surface area is 118 Å². The van der Waals surface area contributed by atoms with Crippen molar-refractivity contribution in [2.24, 2.45) is 5.92 Å². The Hall–Kier alpha value is -0.520. The normalized spacial score (nSPS) is 10.3. The average molecular weight is 255 g/mol. The summed E-state index contributed by atoms with van der Waals surface area (Å²) in [5.74, 6) is 0.699. The summed E-state index contributed by atoms with van der Waals surface area (Å²) >= 11 is 0. The third-order valence-electron chi connectivity index (χ3n) is 2.77. The summed E-state index contributed by atoms with van der Waals surface area (Å²) in [6.07, 6.45) is 14.4. The maximum absolute atomic E-state index is 3.63. The molecule has 0 saturated heterocycles. The van der Waals surface area contributed by atoms with E-state index in [9.17, 15) is 0 Å². The standard InChI is InChI=1S/C6H12.C6H14.C6H12/c1-4-6(3)5-2;2*1-3-5-6-4-2/h4,6H,1,5H2,2-3H3;3-6H2,1-2H3;3H,1,4-6H2,2H3. The molecule has 0 amide bonds. The predicted molar refractivity (Wildman–Crippen MR) is 89.2 cm³/mol. The Morgan fingerprint density at radius 1 is 0.833 bits per heavy atom. The maximum atomic E-state index is 3.63. The van der Waals surface area contributed by atoms with Crippen molar-refractivity contribution in [2.45, 2.75) is 86.0 Å². The SMILES string of the molecule is C=CC(C)CC.C=CCCCC.CCCCCC. The van der Waals surface area contributed by atoms with Crippen molar-refractivity contribution in [3.63, 3.8) is 0 Å². The van der Waals surface area contributed by atoms with Crippen molar-refractivity contribution in [3.05, 3.63) is 25.3 Å². The molecular weight excluding hydrogens is 216 g/mol. The Kier molecular flexibility index (Phi) is 31.9. The van der Waals surface area contributed by atoms with Gasteiger partial charge in [-0.3, -0.25) is 0 Å². The summed E-state index contributed by atoms with van der Waals surface area (Å²) in [6.45, 7) is 18.2. The van der Waals surface area contributed by atoms with E-state index in [0.717, 1.165) is 0 Å². The molecule has 1 unspecified atom stereocenters. The van der Waals surface area contributed by atoms with Gasteiger partial charge in [0.2, 0.25) is 0 Å². The van der Waals surface area contributed by atoms with Crippen LogP contribution in [0.15, 0.2) is 25.3 Å². The van der Waals surface area contributed by atoms with Crippen LogP contribution in [0.4, 0.5) is 0 Å². The summed E-state index contributed by atoms with van der Waals surface area (Å²) in [4.78, 5) is 0. The van der Waals surface area contributed by atoms with Gasteiger partial charge in [-0.05, 0) is 12.3 Å². The molecule has 1 atom stereocenters. The Morgan fingerprint density at radius 2 is 1.28 bits per heavy atom. The molecule has 0 aliphatic rings. The number of unbranched alkanes of at least 4 members (excludes halogenated alkanes) is 5. The van der Waals surface area contributed by atoms with E-state index in [1.54, 1.807) is 0 Å².